The van der Waals surface area contributed by atoms with Gasteiger partial charge in [-0.05, 0) is 30.5 Å². The Morgan fingerprint density at radius 2 is 1.83 bits per heavy atom. The molecule has 64 valence electrons. The molecule has 2 heteroatoms. The SMILES string of the molecule is COC1(c2ccc(Cl)cc2)CC1. The minimum Gasteiger partial charge on any atom is -0.374 e. The van der Waals surface area contributed by atoms with Gasteiger partial charge in [-0.2, -0.15) is 0 Å². The van der Waals surface area contributed by atoms with E-state index in [0.29, 0.717) is 0 Å². The van der Waals surface area contributed by atoms with Crippen molar-refractivity contribution in [3.05, 3.63) is 34.9 Å². The second-order valence-corrected chi connectivity index (χ2v) is 3.64. The summed E-state index contributed by atoms with van der Waals surface area (Å²) in [6, 6.07) is 7.91. The van der Waals surface area contributed by atoms with Gasteiger partial charge in [-0.25, -0.2) is 0 Å². The molecule has 1 aliphatic carbocycles. The van der Waals surface area contributed by atoms with E-state index in [4.69, 9.17) is 16.3 Å². The van der Waals surface area contributed by atoms with E-state index >= 15 is 0 Å². The largest absolute Gasteiger partial charge is 0.374 e. The predicted molar refractivity (Wildman–Crippen MR) is 49.4 cm³/mol. The fourth-order valence-electron chi connectivity index (χ4n) is 1.48. The summed E-state index contributed by atoms with van der Waals surface area (Å²) in [4.78, 5) is 0. The third-order valence-corrected chi connectivity index (χ3v) is 2.72. The van der Waals surface area contributed by atoms with E-state index in [1.165, 1.54) is 5.56 Å². The molecule has 0 saturated heterocycles. The van der Waals surface area contributed by atoms with Crippen molar-refractivity contribution >= 4 is 11.6 Å². The summed E-state index contributed by atoms with van der Waals surface area (Å²) in [5.41, 5.74) is 1.26. The zero-order chi connectivity index (χ0) is 8.60. The number of hydrogen-bond donors (Lipinski definition) is 0. The monoisotopic (exact) mass is 182 g/mol. The van der Waals surface area contributed by atoms with Crippen molar-refractivity contribution in [1.29, 1.82) is 0 Å². The van der Waals surface area contributed by atoms with Gasteiger partial charge in [0.2, 0.25) is 0 Å². The quantitative estimate of drug-likeness (QED) is 0.684. The molecule has 12 heavy (non-hydrogen) atoms. The molecule has 0 heterocycles. The highest BCUT2D eigenvalue weighted by Crippen LogP contribution is 2.48. The second kappa shape index (κ2) is 2.75. The lowest BCUT2D eigenvalue weighted by Crippen LogP contribution is -2.07. The molecular weight excluding hydrogens is 172 g/mol. The Kier molecular flexibility index (Phi) is 1.85. The van der Waals surface area contributed by atoms with Crippen LogP contribution in [-0.4, -0.2) is 7.11 Å². The highest BCUT2D eigenvalue weighted by molar-refractivity contribution is 6.30. The van der Waals surface area contributed by atoms with Crippen molar-refractivity contribution in [2.45, 2.75) is 18.4 Å². The topological polar surface area (TPSA) is 9.23 Å². The molecule has 0 spiro atoms. The van der Waals surface area contributed by atoms with Gasteiger partial charge in [-0.3, -0.25) is 0 Å². The first-order valence-corrected chi connectivity index (χ1v) is 4.46. The van der Waals surface area contributed by atoms with Gasteiger partial charge in [0.25, 0.3) is 0 Å². The van der Waals surface area contributed by atoms with Gasteiger partial charge >= 0.3 is 0 Å². The number of methoxy groups -OCH3 is 1. The van der Waals surface area contributed by atoms with E-state index < -0.39 is 0 Å². The molecule has 0 aromatic heterocycles. The molecule has 1 nitrogen and oxygen atoms in total. The molecule has 0 atom stereocenters. The average molecular weight is 183 g/mol. The van der Waals surface area contributed by atoms with Crippen LogP contribution in [0.25, 0.3) is 0 Å². The van der Waals surface area contributed by atoms with Crippen molar-refractivity contribution in [2.24, 2.45) is 0 Å². The highest BCUT2D eigenvalue weighted by Gasteiger charge is 2.44. The van der Waals surface area contributed by atoms with Crippen LogP contribution in [0, 0.1) is 0 Å². The molecule has 0 amide bonds. The summed E-state index contributed by atoms with van der Waals surface area (Å²) in [5.74, 6) is 0. The van der Waals surface area contributed by atoms with E-state index in [2.05, 4.69) is 0 Å². The van der Waals surface area contributed by atoms with Crippen LogP contribution in [-0.2, 0) is 10.3 Å². The fourth-order valence-corrected chi connectivity index (χ4v) is 1.60. The van der Waals surface area contributed by atoms with Crippen molar-refractivity contribution < 1.29 is 4.74 Å². The van der Waals surface area contributed by atoms with Gasteiger partial charge in [0.15, 0.2) is 0 Å². The zero-order valence-electron chi connectivity index (χ0n) is 7.01. The van der Waals surface area contributed by atoms with Gasteiger partial charge in [-0.1, -0.05) is 23.7 Å². The Morgan fingerprint density at radius 3 is 2.25 bits per heavy atom. The molecule has 1 aliphatic rings. The number of halogens is 1. The second-order valence-electron chi connectivity index (χ2n) is 3.21. The van der Waals surface area contributed by atoms with E-state index in [9.17, 15) is 0 Å². The van der Waals surface area contributed by atoms with Gasteiger partial charge in [0.1, 0.15) is 0 Å². The maximum Gasteiger partial charge on any atom is 0.0929 e. The number of hydrogen-bond acceptors (Lipinski definition) is 1. The third-order valence-electron chi connectivity index (χ3n) is 2.47. The molecule has 0 bridgehead atoms. The smallest absolute Gasteiger partial charge is 0.0929 e. The van der Waals surface area contributed by atoms with Crippen LogP contribution >= 0.6 is 11.6 Å². The number of ether oxygens (including phenoxy) is 1. The highest BCUT2D eigenvalue weighted by atomic mass is 35.5. The Hall–Kier alpha value is -0.530. The summed E-state index contributed by atoms with van der Waals surface area (Å²) in [5, 5.41) is 0.783. The van der Waals surface area contributed by atoms with Gasteiger partial charge in [-0.15, -0.1) is 0 Å². The maximum absolute atomic E-state index is 5.78. The summed E-state index contributed by atoms with van der Waals surface area (Å²) in [7, 11) is 1.77. The van der Waals surface area contributed by atoms with Crippen LogP contribution in [0.4, 0.5) is 0 Å². The average Bonchev–Trinajstić information content (AvgIpc) is 2.86. The first-order chi connectivity index (χ1) is 5.77. The summed E-state index contributed by atoms with van der Waals surface area (Å²) < 4.78 is 5.43. The van der Waals surface area contributed by atoms with Crippen molar-refractivity contribution in [3.8, 4) is 0 Å². The molecule has 1 fully saturated rings. The van der Waals surface area contributed by atoms with Gasteiger partial charge < -0.3 is 4.74 Å². The van der Waals surface area contributed by atoms with E-state index in [-0.39, 0.29) is 5.60 Å². The van der Waals surface area contributed by atoms with E-state index in [1.54, 1.807) is 7.11 Å². The number of rotatable bonds is 2. The Balaban J connectivity index is 2.29. The van der Waals surface area contributed by atoms with Crippen LogP contribution in [0.15, 0.2) is 24.3 Å². The molecule has 1 aromatic rings. The van der Waals surface area contributed by atoms with Gasteiger partial charge in [0, 0.05) is 12.1 Å². The van der Waals surface area contributed by atoms with Crippen LogP contribution in [0.1, 0.15) is 18.4 Å². The third kappa shape index (κ3) is 1.23. The Morgan fingerprint density at radius 1 is 1.25 bits per heavy atom. The Bertz CT molecular complexity index is 274. The van der Waals surface area contributed by atoms with Crippen molar-refractivity contribution in [2.75, 3.05) is 7.11 Å². The lowest BCUT2D eigenvalue weighted by Gasteiger charge is -2.12. The molecule has 0 unspecified atom stereocenters. The minimum absolute atomic E-state index is 0.0184. The molecular formula is C10H11ClO. The van der Waals surface area contributed by atoms with Crippen LogP contribution in [0.3, 0.4) is 0 Å². The number of benzene rings is 1. The van der Waals surface area contributed by atoms with Crippen molar-refractivity contribution in [1.82, 2.24) is 0 Å². The molecule has 0 N–H and O–H groups in total. The molecule has 0 radical (unpaired) electrons. The van der Waals surface area contributed by atoms with Gasteiger partial charge in [0.05, 0.1) is 5.60 Å². The van der Waals surface area contributed by atoms with Crippen molar-refractivity contribution in [3.63, 3.8) is 0 Å². The normalized spacial score (nSPS) is 19.2. The zero-order valence-corrected chi connectivity index (χ0v) is 7.77. The van der Waals surface area contributed by atoms with E-state index in [1.807, 2.05) is 24.3 Å². The lowest BCUT2D eigenvalue weighted by molar-refractivity contribution is 0.0789. The first kappa shape index (κ1) is 8.09. The summed E-state index contributed by atoms with van der Waals surface area (Å²) in [6.07, 6.45) is 2.26. The lowest BCUT2D eigenvalue weighted by atomic mass is 10.1. The molecule has 1 saturated carbocycles. The molecule has 0 aliphatic heterocycles. The van der Waals surface area contributed by atoms with Crippen LogP contribution < -0.4 is 0 Å². The summed E-state index contributed by atoms with van der Waals surface area (Å²) in [6.45, 7) is 0. The van der Waals surface area contributed by atoms with Crippen LogP contribution in [0.5, 0.6) is 0 Å². The molecule has 1 aromatic carbocycles. The van der Waals surface area contributed by atoms with Crippen LogP contribution in [0.2, 0.25) is 5.02 Å². The van der Waals surface area contributed by atoms with E-state index in [0.717, 1.165) is 17.9 Å². The minimum atomic E-state index is 0.0184. The maximum atomic E-state index is 5.78. The standard InChI is InChI=1S/C10H11ClO/c1-12-10(6-7-10)8-2-4-9(11)5-3-8/h2-5H,6-7H2,1H3. The summed E-state index contributed by atoms with van der Waals surface area (Å²) >= 11 is 5.78. The first-order valence-electron chi connectivity index (χ1n) is 4.08. The Labute approximate surface area is 77.3 Å². The fraction of sp³-hybridized carbons (Fsp3) is 0.400. The molecule has 2 rings (SSSR count). The predicted octanol–water partition coefficient (Wildman–Crippen LogP) is 2.98.